The third kappa shape index (κ3) is 5.81. The summed E-state index contributed by atoms with van der Waals surface area (Å²) in [5.74, 6) is -0.147. The second kappa shape index (κ2) is 8.41. The summed E-state index contributed by atoms with van der Waals surface area (Å²) in [6.45, 7) is 5.04. The second-order valence-corrected chi connectivity index (χ2v) is 5.07. The minimum Gasteiger partial charge on any atom is -0.466 e. The molecule has 0 aliphatic heterocycles. The van der Waals surface area contributed by atoms with E-state index in [1.807, 2.05) is 26.0 Å². The third-order valence-corrected chi connectivity index (χ3v) is 3.50. The van der Waals surface area contributed by atoms with Crippen LogP contribution in [0.3, 0.4) is 0 Å². The molecule has 0 spiro atoms. The molecule has 3 nitrogen and oxygen atoms in total. The van der Waals surface area contributed by atoms with Gasteiger partial charge in [0.15, 0.2) is 0 Å². The summed E-state index contributed by atoms with van der Waals surface area (Å²) >= 11 is 11.8. The fraction of sp³-hybridized carbons (Fsp3) is 0.500. The van der Waals surface area contributed by atoms with Crippen LogP contribution in [0.2, 0.25) is 10.0 Å². The van der Waals surface area contributed by atoms with Gasteiger partial charge in [0, 0.05) is 12.5 Å². The van der Waals surface area contributed by atoms with Gasteiger partial charge >= 0.3 is 5.97 Å². The number of carbonyl (C=O) groups excluding carboxylic acids is 1. The number of nitrogens with one attached hydrogen (secondary N) is 1. The summed E-state index contributed by atoms with van der Waals surface area (Å²) in [5, 5.41) is 4.44. The van der Waals surface area contributed by atoms with E-state index in [4.69, 9.17) is 27.9 Å². The first-order valence-corrected chi connectivity index (χ1v) is 7.14. The van der Waals surface area contributed by atoms with Crippen LogP contribution in [0.4, 0.5) is 0 Å². The third-order valence-electron chi connectivity index (χ3n) is 2.76. The average Bonchev–Trinajstić information content (AvgIpc) is 2.38. The van der Waals surface area contributed by atoms with E-state index in [-0.39, 0.29) is 12.0 Å². The van der Waals surface area contributed by atoms with Crippen molar-refractivity contribution >= 4 is 29.2 Å². The first-order chi connectivity index (χ1) is 9.04. The van der Waals surface area contributed by atoms with Crippen LogP contribution < -0.4 is 5.32 Å². The maximum atomic E-state index is 11.2. The number of rotatable bonds is 7. The molecule has 1 aromatic rings. The van der Waals surface area contributed by atoms with Crippen molar-refractivity contribution in [2.75, 3.05) is 13.2 Å². The van der Waals surface area contributed by atoms with Gasteiger partial charge in [-0.05, 0) is 44.5 Å². The van der Waals surface area contributed by atoms with Crippen molar-refractivity contribution in [3.63, 3.8) is 0 Å². The zero-order chi connectivity index (χ0) is 14.3. The lowest BCUT2D eigenvalue weighted by Crippen LogP contribution is -2.20. The van der Waals surface area contributed by atoms with Crippen molar-refractivity contribution in [1.29, 1.82) is 0 Å². The number of benzene rings is 1. The standard InChI is InChI=1S/C14H19Cl2NO2/c1-3-19-14(18)5-4-8-17-10(2)11-6-7-12(15)13(16)9-11/h6-7,9-10,17H,3-5,8H2,1-2H3. The Morgan fingerprint density at radius 2 is 2.11 bits per heavy atom. The molecule has 1 unspecified atom stereocenters. The largest absolute Gasteiger partial charge is 0.466 e. The lowest BCUT2D eigenvalue weighted by atomic mass is 10.1. The Labute approximate surface area is 124 Å². The second-order valence-electron chi connectivity index (χ2n) is 4.26. The molecule has 106 valence electrons. The molecule has 0 aliphatic rings. The molecule has 0 saturated heterocycles. The summed E-state index contributed by atoms with van der Waals surface area (Å²) in [7, 11) is 0. The molecule has 1 rings (SSSR count). The van der Waals surface area contributed by atoms with Gasteiger partial charge in [-0.3, -0.25) is 4.79 Å². The van der Waals surface area contributed by atoms with Crippen molar-refractivity contribution in [2.45, 2.75) is 32.7 Å². The van der Waals surface area contributed by atoms with Crippen LogP contribution in [0.5, 0.6) is 0 Å². The zero-order valence-corrected chi connectivity index (χ0v) is 12.7. The fourth-order valence-electron chi connectivity index (χ4n) is 1.68. The monoisotopic (exact) mass is 303 g/mol. The Balaban J connectivity index is 2.33. The van der Waals surface area contributed by atoms with Gasteiger partial charge in [-0.2, -0.15) is 0 Å². The van der Waals surface area contributed by atoms with E-state index in [1.165, 1.54) is 0 Å². The highest BCUT2D eigenvalue weighted by Gasteiger charge is 2.07. The van der Waals surface area contributed by atoms with Crippen molar-refractivity contribution in [1.82, 2.24) is 5.32 Å². The van der Waals surface area contributed by atoms with E-state index in [1.54, 1.807) is 6.07 Å². The molecule has 0 heterocycles. The molecule has 19 heavy (non-hydrogen) atoms. The van der Waals surface area contributed by atoms with Crippen molar-refractivity contribution in [2.24, 2.45) is 0 Å². The van der Waals surface area contributed by atoms with Gasteiger partial charge in [-0.25, -0.2) is 0 Å². The van der Waals surface area contributed by atoms with Crippen molar-refractivity contribution in [3.8, 4) is 0 Å². The van der Waals surface area contributed by atoms with Crippen LogP contribution in [0.1, 0.15) is 38.3 Å². The highest BCUT2D eigenvalue weighted by Crippen LogP contribution is 2.25. The lowest BCUT2D eigenvalue weighted by Gasteiger charge is -2.14. The summed E-state index contributed by atoms with van der Waals surface area (Å²) in [6.07, 6.45) is 1.19. The fourth-order valence-corrected chi connectivity index (χ4v) is 1.99. The molecule has 1 atom stereocenters. The molecule has 1 N–H and O–H groups in total. The molecular formula is C14H19Cl2NO2. The maximum absolute atomic E-state index is 11.2. The molecule has 0 fully saturated rings. The van der Waals surface area contributed by atoms with Crippen LogP contribution in [0, 0.1) is 0 Å². The van der Waals surface area contributed by atoms with Gasteiger partial charge in [0.25, 0.3) is 0 Å². The number of hydrogen-bond acceptors (Lipinski definition) is 3. The predicted molar refractivity (Wildman–Crippen MR) is 78.7 cm³/mol. The molecular weight excluding hydrogens is 285 g/mol. The molecule has 0 saturated carbocycles. The van der Waals surface area contributed by atoms with Gasteiger partial charge in [-0.1, -0.05) is 29.3 Å². The molecule has 0 radical (unpaired) electrons. The average molecular weight is 304 g/mol. The van der Waals surface area contributed by atoms with E-state index < -0.39 is 0 Å². The number of carbonyl (C=O) groups is 1. The van der Waals surface area contributed by atoms with Gasteiger partial charge < -0.3 is 10.1 Å². The quantitative estimate of drug-likeness (QED) is 0.611. The first kappa shape index (κ1) is 16.3. The minimum absolute atomic E-state index is 0.147. The van der Waals surface area contributed by atoms with Gasteiger partial charge in [0.05, 0.1) is 16.7 Å². The maximum Gasteiger partial charge on any atom is 0.305 e. The van der Waals surface area contributed by atoms with Crippen LogP contribution in [0.25, 0.3) is 0 Å². The number of halogens is 2. The topological polar surface area (TPSA) is 38.3 Å². The molecule has 0 bridgehead atoms. The van der Waals surface area contributed by atoms with E-state index in [2.05, 4.69) is 5.32 Å². The van der Waals surface area contributed by atoms with Crippen LogP contribution >= 0.6 is 23.2 Å². The van der Waals surface area contributed by atoms with Crippen LogP contribution in [0.15, 0.2) is 18.2 Å². The summed E-state index contributed by atoms with van der Waals surface area (Å²) in [6, 6.07) is 5.75. The predicted octanol–water partition coefficient (Wildman–Crippen LogP) is 3.99. The lowest BCUT2D eigenvalue weighted by molar-refractivity contribution is -0.143. The zero-order valence-electron chi connectivity index (χ0n) is 11.2. The van der Waals surface area contributed by atoms with E-state index >= 15 is 0 Å². The number of hydrogen-bond donors (Lipinski definition) is 1. The highest BCUT2D eigenvalue weighted by molar-refractivity contribution is 6.42. The Bertz CT molecular complexity index is 424. The minimum atomic E-state index is -0.147. The first-order valence-electron chi connectivity index (χ1n) is 6.38. The van der Waals surface area contributed by atoms with E-state index in [9.17, 15) is 4.79 Å². The molecule has 5 heteroatoms. The Morgan fingerprint density at radius 1 is 1.37 bits per heavy atom. The van der Waals surface area contributed by atoms with Crippen molar-refractivity contribution in [3.05, 3.63) is 33.8 Å². The Morgan fingerprint density at radius 3 is 2.74 bits per heavy atom. The Hall–Kier alpha value is -0.770. The van der Waals surface area contributed by atoms with E-state index in [0.29, 0.717) is 23.1 Å². The Kier molecular flexibility index (Phi) is 7.21. The SMILES string of the molecule is CCOC(=O)CCCNC(C)c1ccc(Cl)c(Cl)c1. The number of ether oxygens (including phenoxy) is 1. The molecule has 0 aliphatic carbocycles. The van der Waals surface area contributed by atoms with Crippen LogP contribution in [-0.2, 0) is 9.53 Å². The van der Waals surface area contributed by atoms with Crippen LogP contribution in [-0.4, -0.2) is 19.1 Å². The van der Waals surface area contributed by atoms with Gasteiger partial charge in [0.1, 0.15) is 0 Å². The molecule has 1 aromatic carbocycles. The van der Waals surface area contributed by atoms with Gasteiger partial charge in [-0.15, -0.1) is 0 Å². The summed E-state index contributed by atoms with van der Waals surface area (Å²) < 4.78 is 4.86. The summed E-state index contributed by atoms with van der Waals surface area (Å²) in [5.41, 5.74) is 1.07. The smallest absolute Gasteiger partial charge is 0.305 e. The normalized spacial score (nSPS) is 12.2. The van der Waals surface area contributed by atoms with Gasteiger partial charge in [0.2, 0.25) is 0 Å². The van der Waals surface area contributed by atoms with E-state index in [0.717, 1.165) is 18.5 Å². The van der Waals surface area contributed by atoms with Crippen molar-refractivity contribution < 1.29 is 9.53 Å². The number of esters is 1. The highest BCUT2D eigenvalue weighted by atomic mass is 35.5. The summed E-state index contributed by atoms with van der Waals surface area (Å²) in [4.78, 5) is 11.2. The molecule has 0 amide bonds. The molecule has 0 aromatic heterocycles.